The molecule has 0 fully saturated rings. The molecule has 1 aromatic carbocycles. The Morgan fingerprint density at radius 2 is 1.85 bits per heavy atom. The average Bonchev–Trinajstić information content (AvgIpc) is 2.33. The molecular weight excluding hydrogens is 314 g/mol. The Labute approximate surface area is 122 Å². The van der Waals surface area contributed by atoms with Gasteiger partial charge in [0.15, 0.2) is 0 Å². The van der Waals surface area contributed by atoms with E-state index >= 15 is 0 Å². The second-order valence-corrected chi connectivity index (χ2v) is 4.73. The van der Waals surface area contributed by atoms with Crippen LogP contribution >= 0.6 is 23.2 Å². The molecule has 0 unspecified atom stereocenters. The molecule has 0 amide bonds. The smallest absolute Gasteiger partial charge is 0.340 e. The lowest BCUT2D eigenvalue weighted by atomic mass is 10.2. The maximum atomic E-state index is 12.6. The second kappa shape index (κ2) is 5.46. The van der Waals surface area contributed by atoms with Crippen molar-refractivity contribution in [2.24, 2.45) is 0 Å². The van der Waals surface area contributed by atoms with Gasteiger partial charge in [0.25, 0.3) is 0 Å². The molecule has 2 rings (SSSR count). The monoisotopic (exact) mass is 321 g/mol. The molecule has 8 heteroatoms. The molecule has 0 bridgehead atoms. The van der Waals surface area contributed by atoms with Crippen molar-refractivity contribution in [3.63, 3.8) is 0 Å². The Morgan fingerprint density at radius 1 is 1.15 bits per heavy atom. The van der Waals surface area contributed by atoms with Crippen LogP contribution < -0.4 is 5.32 Å². The zero-order valence-electron chi connectivity index (χ0n) is 10.1. The summed E-state index contributed by atoms with van der Waals surface area (Å²) in [5.74, 6) is -1.35. The molecular formula is C12H8Cl2F3N3. The van der Waals surface area contributed by atoms with E-state index in [2.05, 4.69) is 15.3 Å². The fourth-order valence-corrected chi connectivity index (χ4v) is 1.85. The number of hydrogen-bond donors (Lipinski definition) is 1. The Morgan fingerprint density at radius 3 is 2.50 bits per heavy atom. The van der Waals surface area contributed by atoms with Crippen LogP contribution in [-0.2, 0) is 6.18 Å². The van der Waals surface area contributed by atoms with Crippen LogP contribution in [0.5, 0.6) is 0 Å². The van der Waals surface area contributed by atoms with E-state index in [9.17, 15) is 13.2 Å². The molecule has 0 saturated heterocycles. The van der Waals surface area contributed by atoms with Crippen molar-refractivity contribution in [1.29, 1.82) is 0 Å². The van der Waals surface area contributed by atoms with Gasteiger partial charge in [-0.15, -0.1) is 0 Å². The third-order valence-electron chi connectivity index (χ3n) is 2.48. The maximum absolute atomic E-state index is 12.6. The Hall–Kier alpha value is -1.53. The van der Waals surface area contributed by atoms with Gasteiger partial charge in [-0.05, 0) is 24.6 Å². The molecule has 0 aliphatic rings. The van der Waals surface area contributed by atoms with Gasteiger partial charge >= 0.3 is 6.18 Å². The summed E-state index contributed by atoms with van der Waals surface area (Å²) in [5, 5.41) is 2.94. The van der Waals surface area contributed by atoms with Gasteiger partial charge < -0.3 is 5.32 Å². The molecule has 0 radical (unpaired) electrons. The molecule has 0 aliphatic heterocycles. The molecule has 20 heavy (non-hydrogen) atoms. The first-order valence-corrected chi connectivity index (χ1v) is 6.17. The highest BCUT2D eigenvalue weighted by Gasteiger charge is 2.35. The van der Waals surface area contributed by atoms with Crippen LogP contribution in [0.2, 0.25) is 10.2 Å². The number of anilines is 2. The Kier molecular flexibility index (Phi) is 4.06. The number of nitrogens with one attached hydrogen (secondary N) is 1. The molecule has 3 nitrogen and oxygen atoms in total. The van der Waals surface area contributed by atoms with Gasteiger partial charge in [-0.25, -0.2) is 9.97 Å². The van der Waals surface area contributed by atoms with E-state index in [0.29, 0.717) is 16.3 Å². The summed E-state index contributed by atoms with van der Waals surface area (Å²) in [6, 6.07) is 6.23. The lowest BCUT2D eigenvalue weighted by molar-refractivity contribution is -0.144. The zero-order valence-corrected chi connectivity index (χ0v) is 11.6. The number of alkyl halides is 3. The topological polar surface area (TPSA) is 37.8 Å². The lowest BCUT2D eigenvalue weighted by Gasteiger charge is -2.12. The molecule has 1 N–H and O–H groups in total. The van der Waals surface area contributed by atoms with Crippen molar-refractivity contribution in [1.82, 2.24) is 9.97 Å². The van der Waals surface area contributed by atoms with Crippen LogP contribution in [0.15, 0.2) is 24.3 Å². The van der Waals surface area contributed by atoms with Crippen LogP contribution in [0.1, 0.15) is 11.4 Å². The number of benzene rings is 1. The number of aromatic nitrogens is 2. The van der Waals surface area contributed by atoms with Crippen molar-refractivity contribution < 1.29 is 13.2 Å². The minimum absolute atomic E-state index is 0.0531. The Bertz CT molecular complexity index is 644. The van der Waals surface area contributed by atoms with Gasteiger partial charge in [-0.2, -0.15) is 13.2 Å². The van der Waals surface area contributed by atoms with Gasteiger partial charge in [0.05, 0.1) is 0 Å². The highest BCUT2D eigenvalue weighted by molar-refractivity contribution is 6.31. The number of rotatable bonds is 2. The first-order chi connectivity index (χ1) is 9.27. The summed E-state index contributed by atoms with van der Waals surface area (Å²) in [6.07, 6.45) is -4.66. The van der Waals surface area contributed by atoms with Crippen molar-refractivity contribution in [2.75, 3.05) is 5.32 Å². The van der Waals surface area contributed by atoms with E-state index in [1.165, 1.54) is 6.07 Å². The van der Waals surface area contributed by atoms with Crippen LogP contribution in [-0.4, -0.2) is 9.97 Å². The summed E-state index contributed by atoms with van der Waals surface area (Å²) >= 11 is 11.5. The second-order valence-electron chi connectivity index (χ2n) is 3.93. The zero-order chi connectivity index (χ0) is 14.9. The fourth-order valence-electron chi connectivity index (χ4n) is 1.49. The van der Waals surface area contributed by atoms with E-state index in [1.807, 2.05) is 0 Å². The molecule has 0 atom stereocenters. The molecule has 1 heterocycles. The van der Waals surface area contributed by atoms with Crippen LogP contribution in [0.3, 0.4) is 0 Å². The average molecular weight is 322 g/mol. The molecule has 0 spiro atoms. The van der Waals surface area contributed by atoms with Gasteiger partial charge in [0, 0.05) is 16.8 Å². The quantitative estimate of drug-likeness (QED) is 0.803. The van der Waals surface area contributed by atoms with E-state index in [4.69, 9.17) is 23.2 Å². The predicted octanol–water partition coefficient (Wildman–Crippen LogP) is 4.85. The molecule has 106 valence electrons. The van der Waals surface area contributed by atoms with Crippen molar-refractivity contribution in [3.8, 4) is 0 Å². The third kappa shape index (κ3) is 3.32. The highest BCUT2D eigenvalue weighted by Crippen LogP contribution is 2.30. The van der Waals surface area contributed by atoms with Crippen molar-refractivity contribution in [2.45, 2.75) is 13.1 Å². The fraction of sp³-hybridized carbons (Fsp3) is 0.167. The summed E-state index contributed by atoms with van der Waals surface area (Å²) < 4.78 is 37.8. The number of nitrogens with zero attached hydrogens (tertiary/aromatic N) is 2. The van der Waals surface area contributed by atoms with Crippen LogP contribution in [0, 0.1) is 6.92 Å². The largest absolute Gasteiger partial charge is 0.451 e. The number of halogens is 5. The summed E-state index contributed by atoms with van der Waals surface area (Å²) in [4.78, 5) is 6.55. The highest BCUT2D eigenvalue weighted by atomic mass is 35.5. The minimum atomic E-state index is -4.66. The van der Waals surface area contributed by atoms with Crippen molar-refractivity contribution >= 4 is 34.7 Å². The summed E-state index contributed by atoms with van der Waals surface area (Å²) in [7, 11) is 0. The third-order valence-corrected chi connectivity index (χ3v) is 3.08. The Balaban J connectivity index is 2.39. The standard InChI is InChI=1S/C12H8Cl2F3N3/c1-6-7(13)3-2-4-8(6)18-10-5-9(14)19-11(20-10)12(15,16)17/h2-5H,1H3,(H,18,19,20). The lowest BCUT2D eigenvalue weighted by Crippen LogP contribution is -2.12. The van der Waals surface area contributed by atoms with Crippen LogP contribution in [0.4, 0.5) is 24.7 Å². The van der Waals surface area contributed by atoms with E-state index < -0.39 is 12.0 Å². The summed E-state index contributed by atoms with van der Waals surface area (Å²) in [5.41, 5.74) is 1.23. The van der Waals surface area contributed by atoms with Gasteiger partial charge in [-0.1, -0.05) is 29.3 Å². The van der Waals surface area contributed by atoms with E-state index in [0.717, 1.165) is 0 Å². The van der Waals surface area contributed by atoms with Gasteiger partial charge in [0.1, 0.15) is 11.0 Å². The SMILES string of the molecule is Cc1c(Cl)cccc1Nc1cc(Cl)nc(C(F)(F)F)n1. The minimum Gasteiger partial charge on any atom is -0.340 e. The first-order valence-electron chi connectivity index (χ1n) is 5.41. The van der Waals surface area contributed by atoms with Crippen molar-refractivity contribution in [3.05, 3.63) is 45.8 Å². The first kappa shape index (κ1) is 14.9. The molecule has 0 aliphatic carbocycles. The summed E-state index contributed by atoms with van der Waals surface area (Å²) in [6.45, 7) is 1.73. The van der Waals surface area contributed by atoms with E-state index in [-0.39, 0.29) is 11.0 Å². The van der Waals surface area contributed by atoms with Gasteiger partial charge in [0.2, 0.25) is 5.82 Å². The van der Waals surface area contributed by atoms with E-state index in [1.54, 1.807) is 25.1 Å². The predicted molar refractivity (Wildman–Crippen MR) is 71.5 cm³/mol. The van der Waals surface area contributed by atoms with Crippen LogP contribution in [0.25, 0.3) is 0 Å². The molecule has 2 aromatic rings. The molecule has 1 aromatic heterocycles. The molecule has 0 saturated carbocycles. The van der Waals surface area contributed by atoms with Gasteiger partial charge in [-0.3, -0.25) is 0 Å². The normalized spacial score (nSPS) is 11.5. The number of hydrogen-bond acceptors (Lipinski definition) is 3. The maximum Gasteiger partial charge on any atom is 0.451 e.